The van der Waals surface area contributed by atoms with E-state index in [4.69, 9.17) is 0 Å². The van der Waals surface area contributed by atoms with Gasteiger partial charge in [-0.15, -0.1) is 0 Å². The lowest BCUT2D eigenvalue weighted by Crippen LogP contribution is -2.34. The zero-order chi connectivity index (χ0) is 17.6. The van der Waals surface area contributed by atoms with Gasteiger partial charge in [-0.1, -0.05) is 12.1 Å². The van der Waals surface area contributed by atoms with E-state index < -0.39 is 23.5 Å². The van der Waals surface area contributed by atoms with Gasteiger partial charge in [0.1, 0.15) is 17.5 Å². The zero-order valence-corrected chi connectivity index (χ0v) is 13.0. The van der Waals surface area contributed by atoms with Gasteiger partial charge in [0.15, 0.2) is 11.7 Å². The van der Waals surface area contributed by atoms with Crippen LogP contribution in [0, 0.1) is 11.6 Å². The van der Waals surface area contributed by atoms with E-state index in [2.05, 4.69) is 10.3 Å². The maximum atomic E-state index is 13.8. The number of carbonyl (C=O) groups is 2. The fraction of sp³-hybridized carbons (Fsp3) is 0.167. The highest BCUT2D eigenvalue weighted by Gasteiger charge is 2.36. The number of nitrogens with zero attached hydrogens (tertiary/aromatic N) is 2. The van der Waals surface area contributed by atoms with Crippen molar-refractivity contribution in [2.24, 2.45) is 0 Å². The lowest BCUT2D eigenvalue weighted by molar-refractivity contribution is -0.128. The second-order valence-corrected chi connectivity index (χ2v) is 5.87. The van der Waals surface area contributed by atoms with Gasteiger partial charge in [0.2, 0.25) is 5.91 Å². The molecule has 0 bridgehead atoms. The SMILES string of the molecule is O=C1CCn2c(nc3ccccc32)C1C(=O)Nc1cc(F)ccc1F. The normalized spacial score (nSPS) is 16.7. The molecule has 0 saturated carbocycles. The molecule has 2 aromatic carbocycles. The van der Waals surface area contributed by atoms with Crippen molar-refractivity contribution in [3.05, 3.63) is 59.9 Å². The van der Waals surface area contributed by atoms with Crippen molar-refractivity contribution in [2.75, 3.05) is 5.32 Å². The maximum Gasteiger partial charge on any atom is 0.242 e. The van der Waals surface area contributed by atoms with Gasteiger partial charge in [0.05, 0.1) is 16.7 Å². The number of hydrogen-bond donors (Lipinski definition) is 1. The van der Waals surface area contributed by atoms with Crippen LogP contribution in [0.2, 0.25) is 0 Å². The molecule has 4 rings (SSSR count). The molecule has 0 radical (unpaired) electrons. The molecule has 0 fully saturated rings. The van der Waals surface area contributed by atoms with Crippen molar-refractivity contribution >= 4 is 28.4 Å². The van der Waals surface area contributed by atoms with Crippen LogP contribution in [0.4, 0.5) is 14.5 Å². The number of rotatable bonds is 2. The lowest BCUT2D eigenvalue weighted by atomic mass is 9.96. The van der Waals surface area contributed by atoms with Crippen molar-refractivity contribution in [3.8, 4) is 0 Å². The number of fused-ring (bicyclic) bond motifs is 3. The van der Waals surface area contributed by atoms with Crippen molar-refractivity contribution in [1.29, 1.82) is 0 Å². The molecule has 1 aliphatic heterocycles. The molecule has 25 heavy (non-hydrogen) atoms. The average molecular weight is 341 g/mol. The summed E-state index contributed by atoms with van der Waals surface area (Å²) in [6.07, 6.45) is 0.178. The third kappa shape index (κ3) is 2.57. The number of aryl methyl sites for hydroxylation is 1. The molecule has 1 aliphatic rings. The van der Waals surface area contributed by atoms with Crippen LogP contribution in [0.3, 0.4) is 0 Å². The molecule has 3 aromatic rings. The number of halogens is 2. The standard InChI is InChI=1S/C18H13F2N3O2/c19-10-5-6-11(20)13(9-10)22-18(25)16-15(24)7-8-23-14-4-2-1-3-12(14)21-17(16)23/h1-6,9,16H,7-8H2,(H,22,25). The smallest absolute Gasteiger partial charge is 0.242 e. The van der Waals surface area contributed by atoms with Crippen LogP contribution < -0.4 is 5.32 Å². The Balaban J connectivity index is 1.74. The predicted octanol–water partition coefficient (Wildman–Crippen LogP) is 3.01. The van der Waals surface area contributed by atoms with Crippen molar-refractivity contribution in [3.63, 3.8) is 0 Å². The summed E-state index contributed by atoms with van der Waals surface area (Å²) in [5.74, 6) is -3.29. The number of amides is 1. The van der Waals surface area contributed by atoms with E-state index in [1.54, 1.807) is 6.07 Å². The van der Waals surface area contributed by atoms with E-state index in [1.807, 2.05) is 22.8 Å². The van der Waals surface area contributed by atoms with Crippen LogP contribution in [0.1, 0.15) is 18.2 Å². The highest BCUT2D eigenvalue weighted by molar-refractivity contribution is 6.12. The zero-order valence-electron chi connectivity index (χ0n) is 13.0. The fourth-order valence-electron chi connectivity index (χ4n) is 3.12. The number of hydrogen-bond acceptors (Lipinski definition) is 3. The van der Waals surface area contributed by atoms with E-state index in [0.717, 1.165) is 23.7 Å². The molecule has 1 N–H and O–H groups in total. The summed E-state index contributed by atoms with van der Waals surface area (Å²) in [5, 5.41) is 2.31. The molecule has 126 valence electrons. The molecule has 1 atom stereocenters. The van der Waals surface area contributed by atoms with Gasteiger partial charge in [-0.25, -0.2) is 13.8 Å². The third-order valence-corrected chi connectivity index (χ3v) is 4.29. The number of para-hydroxylation sites is 2. The summed E-state index contributed by atoms with van der Waals surface area (Å²) in [6.45, 7) is 0.437. The second-order valence-electron chi connectivity index (χ2n) is 5.87. The monoisotopic (exact) mass is 341 g/mol. The van der Waals surface area contributed by atoms with Crippen LogP contribution in [0.15, 0.2) is 42.5 Å². The molecular weight excluding hydrogens is 328 g/mol. The minimum absolute atomic E-state index is 0.178. The van der Waals surface area contributed by atoms with Gasteiger partial charge in [0, 0.05) is 19.0 Å². The molecule has 0 saturated heterocycles. The summed E-state index contributed by atoms with van der Waals surface area (Å²) in [4.78, 5) is 29.3. The van der Waals surface area contributed by atoms with Crippen LogP contribution in [0.5, 0.6) is 0 Å². The maximum absolute atomic E-state index is 13.8. The number of imidazole rings is 1. The largest absolute Gasteiger partial charge is 0.326 e. The first-order valence-corrected chi connectivity index (χ1v) is 7.78. The van der Waals surface area contributed by atoms with Crippen molar-refractivity contribution < 1.29 is 18.4 Å². The highest BCUT2D eigenvalue weighted by atomic mass is 19.1. The minimum atomic E-state index is -1.15. The number of ketones is 1. The molecular formula is C18H13F2N3O2. The molecule has 2 heterocycles. The Morgan fingerprint density at radius 3 is 2.84 bits per heavy atom. The molecule has 1 unspecified atom stereocenters. The first-order valence-electron chi connectivity index (χ1n) is 7.78. The Morgan fingerprint density at radius 1 is 1.20 bits per heavy atom. The lowest BCUT2D eigenvalue weighted by Gasteiger charge is -2.22. The number of aromatic nitrogens is 2. The number of benzene rings is 2. The number of carbonyl (C=O) groups excluding carboxylic acids is 2. The van der Waals surface area contributed by atoms with Crippen LogP contribution >= 0.6 is 0 Å². The third-order valence-electron chi connectivity index (χ3n) is 4.29. The molecule has 1 aromatic heterocycles. The quantitative estimate of drug-likeness (QED) is 0.729. The first-order chi connectivity index (χ1) is 12.0. The Morgan fingerprint density at radius 2 is 2.00 bits per heavy atom. The molecule has 1 amide bonds. The average Bonchev–Trinajstić information content (AvgIpc) is 2.96. The van der Waals surface area contributed by atoms with Crippen LogP contribution in [-0.4, -0.2) is 21.2 Å². The molecule has 5 nitrogen and oxygen atoms in total. The van der Waals surface area contributed by atoms with Crippen LogP contribution in [-0.2, 0) is 16.1 Å². The van der Waals surface area contributed by atoms with Gasteiger partial charge in [-0.05, 0) is 24.3 Å². The summed E-state index contributed by atoms with van der Waals surface area (Å²) < 4.78 is 28.9. The molecule has 0 spiro atoms. The Kier molecular flexibility index (Phi) is 3.56. The Bertz CT molecular complexity index is 1010. The first kappa shape index (κ1) is 15.4. The van der Waals surface area contributed by atoms with Gasteiger partial charge in [-0.2, -0.15) is 0 Å². The van der Waals surface area contributed by atoms with Crippen molar-refractivity contribution in [1.82, 2.24) is 9.55 Å². The highest BCUT2D eigenvalue weighted by Crippen LogP contribution is 2.30. The minimum Gasteiger partial charge on any atom is -0.326 e. The summed E-state index contributed by atoms with van der Waals surface area (Å²) in [5.41, 5.74) is 1.22. The number of Topliss-reactive ketones (excluding diaryl/α,β-unsaturated/α-hetero) is 1. The summed E-state index contributed by atoms with van der Waals surface area (Å²) >= 11 is 0. The van der Waals surface area contributed by atoms with Crippen molar-refractivity contribution in [2.45, 2.75) is 18.9 Å². The summed E-state index contributed by atoms with van der Waals surface area (Å²) in [7, 11) is 0. The molecule has 0 aliphatic carbocycles. The van der Waals surface area contributed by atoms with E-state index >= 15 is 0 Å². The van der Waals surface area contributed by atoms with Gasteiger partial charge in [0.25, 0.3) is 0 Å². The molecule has 7 heteroatoms. The fourth-order valence-corrected chi connectivity index (χ4v) is 3.12. The van der Waals surface area contributed by atoms with Gasteiger partial charge < -0.3 is 9.88 Å². The van der Waals surface area contributed by atoms with Crippen LogP contribution in [0.25, 0.3) is 11.0 Å². The number of anilines is 1. The Hall–Kier alpha value is -3.09. The predicted molar refractivity (Wildman–Crippen MR) is 87.1 cm³/mol. The van der Waals surface area contributed by atoms with Gasteiger partial charge in [-0.3, -0.25) is 9.59 Å². The summed E-state index contributed by atoms with van der Waals surface area (Å²) in [6, 6.07) is 10.1. The van der Waals surface area contributed by atoms with E-state index in [1.165, 1.54) is 0 Å². The topological polar surface area (TPSA) is 64.0 Å². The Labute approximate surface area is 141 Å². The van der Waals surface area contributed by atoms with E-state index in [0.29, 0.717) is 17.9 Å². The van der Waals surface area contributed by atoms with Gasteiger partial charge >= 0.3 is 0 Å². The van der Waals surface area contributed by atoms with E-state index in [-0.39, 0.29) is 17.9 Å². The van der Waals surface area contributed by atoms with E-state index in [9.17, 15) is 18.4 Å². The number of nitrogens with one attached hydrogen (secondary N) is 1. The second kappa shape index (κ2) is 5.77.